The van der Waals surface area contributed by atoms with Crippen molar-refractivity contribution in [1.82, 2.24) is 9.88 Å². The SMILES string of the molecule is COc1ccc(CN2CNc3nccc(Oc4ccc(NS(=O)(=O)c5ccc(F)c(C#N)c5)cc4F)c3C2)cc1. The minimum Gasteiger partial charge on any atom is -0.497 e. The van der Waals surface area contributed by atoms with Crippen molar-refractivity contribution in [3.05, 3.63) is 101 Å². The first-order valence-corrected chi connectivity index (χ1v) is 13.5. The van der Waals surface area contributed by atoms with Crippen LogP contribution >= 0.6 is 0 Å². The number of rotatable bonds is 8. The number of benzene rings is 3. The standard InChI is InChI=1S/C28H23F2N5O4S/c1-38-21-5-2-18(3-6-21)15-35-16-23-26(10-11-32-28(23)33-17-35)39-27-9-4-20(13-25(27)30)34-40(36,37)22-7-8-24(29)19(12-22)14-31/h2-13,34H,15-17H2,1H3,(H,32,33). The Hall–Kier alpha value is -4.73. The van der Waals surface area contributed by atoms with Crippen molar-refractivity contribution in [2.45, 2.75) is 18.0 Å². The van der Waals surface area contributed by atoms with Gasteiger partial charge in [0, 0.05) is 25.4 Å². The zero-order valence-corrected chi connectivity index (χ0v) is 22.0. The van der Waals surface area contributed by atoms with Crippen molar-refractivity contribution in [2.24, 2.45) is 0 Å². The minimum absolute atomic E-state index is 0.0724. The van der Waals surface area contributed by atoms with Gasteiger partial charge in [0.2, 0.25) is 0 Å². The van der Waals surface area contributed by atoms with E-state index in [0.29, 0.717) is 31.3 Å². The predicted octanol–water partition coefficient (Wildman–Crippen LogP) is 5.22. The molecule has 0 amide bonds. The summed E-state index contributed by atoms with van der Waals surface area (Å²) in [7, 11) is -2.59. The summed E-state index contributed by atoms with van der Waals surface area (Å²) in [5, 5.41) is 12.2. The fourth-order valence-corrected chi connectivity index (χ4v) is 5.25. The third-order valence-corrected chi connectivity index (χ3v) is 7.58. The number of nitrogens with zero attached hydrogens (tertiary/aromatic N) is 3. The van der Waals surface area contributed by atoms with E-state index >= 15 is 4.39 Å². The van der Waals surface area contributed by atoms with Crippen molar-refractivity contribution in [1.29, 1.82) is 5.26 Å². The number of anilines is 2. The molecule has 0 saturated carbocycles. The number of halogens is 2. The van der Waals surface area contributed by atoms with Gasteiger partial charge in [-0.25, -0.2) is 22.2 Å². The summed E-state index contributed by atoms with van der Waals surface area (Å²) >= 11 is 0. The van der Waals surface area contributed by atoms with Crippen LogP contribution in [0.2, 0.25) is 0 Å². The molecule has 0 unspecified atom stereocenters. The summed E-state index contributed by atoms with van der Waals surface area (Å²) in [6.07, 6.45) is 1.55. The lowest BCUT2D eigenvalue weighted by molar-refractivity contribution is 0.261. The average Bonchev–Trinajstić information content (AvgIpc) is 2.95. The molecule has 1 aliphatic rings. The van der Waals surface area contributed by atoms with Crippen LogP contribution in [-0.4, -0.2) is 32.1 Å². The number of hydrogen-bond acceptors (Lipinski definition) is 8. The van der Waals surface area contributed by atoms with Gasteiger partial charge >= 0.3 is 0 Å². The number of sulfonamides is 1. The number of ether oxygens (including phenoxy) is 2. The molecule has 9 nitrogen and oxygen atoms in total. The van der Waals surface area contributed by atoms with Gasteiger partial charge in [0.1, 0.15) is 29.2 Å². The maximum absolute atomic E-state index is 15.0. The summed E-state index contributed by atoms with van der Waals surface area (Å²) in [6.45, 7) is 1.71. The number of nitrogens with one attached hydrogen (secondary N) is 2. The second-order valence-electron chi connectivity index (χ2n) is 8.91. The number of hydrogen-bond donors (Lipinski definition) is 2. The van der Waals surface area contributed by atoms with E-state index in [0.717, 1.165) is 41.1 Å². The third kappa shape index (κ3) is 5.80. The summed E-state index contributed by atoms with van der Waals surface area (Å²) in [4.78, 5) is 6.17. The molecule has 40 heavy (non-hydrogen) atoms. The molecule has 0 spiro atoms. The van der Waals surface area contributed by atoms with Gasteiger partial charge in [-0.1, -0.05) is 12.1 Å². The van der Waals surface area contributed by atoms with Crippen LogP contribution in [0.15, 0.2) is 77.8 Å². The van der Waals surface area contributed by atoms with E-state index in [1.165, 1.54) is 12.1 Å². The van der Waals surface area contributed by atoms with Crippen LogP contribution in [0.1, 0.15) is 16.7 Å². The van der Waals surface area contributed by atoms with Gasteiger partial charge < -0.3 is 14.8 Å². The second-order valence-corrected chi connectivity index (χ2v) is 10.6. The lowest BCUT2D eigenvalue weighted by atomic mass is 10.1. The molecule has 204 valence electrons. The van der Waals surface area contributed by atoms with Gasteiger partial charge in [-0.15, -0.1) is 0 Å². The van der Waals surface area contributed by atoms with E-state index < -0.39 is 27.2 Å². The fraction of sp³-hybridized carbons (Fsp3) is 0.143. The molecule has 0 bridgehead atoms. The van der Waals surface area contributed by atoms with Crippen LogP contribution in [0.5, 0.6) is 17.2 Å². The zero-order valence-electron chi connectivity index (χ0n) is 21.2. The number of methoxy groups -OCH3 is 1. The van der Waals surface area contributed by atoms with E-state index in [9.17, 15) is 12.8 Å². The van der Waals surface area contributed by atoms with E-state index in [1.54, 1.807) is 25.4 Å². The van der Waals surface area contributed by atoms with Crippen molar-refractivity contribution in [3.63, 3.8) is 0 Å². The molecule has 0 radical (unpaired) electrons. The van der Waals surface area contributed by atoms with Crippen LogP contribution in [0.3, 0.4) is 0 Å². The Labute approximate surface area is 229 Å². The third-order valence-electron chi connectivity index (χ3n) is 6.20. The van der Waals surface area contributed by atoms with Gasteiger partial charge in [0.25, 0.3) is 10.0 Å². The maximum atomic E-state index is 15.0. The molecule has 2 heterocycles. The average molecular weight is 564 g/mol. The normalized spacial score (nSPS) is 13.1. The predicted molar refractivity (Wildman–Crippen MR) is 143 cm³/mol. The highest BCUT2D eigenvalue weighted by atomic mass is 32.2. The molecule has 4 aromatic rings. The molecule has 0 fully saturated rings. The van der Waals surface area contributed by atoms with Crippen molar-refractivity contribution in [3.8, 4) is 23.3 Å². The van der Waals surface area contributed by atoms with Gasteiger partial charge in [-0.2, -0.15) is 5.26 Å². The topological polar surface area (TPSA) is 117 Å². The van der Waals surface area contributed by atoms with Gasteiger partial charge in [-0.05, 0) is 54.1 Å². The molecule has 0 aliphatic carbocycles. The lowest BCUT2D eigenvalue weighted by Crippen LogP contribution is -2.33. The summed E-state index contributed by atoms with van der Waals surface area (Å²) in [6, 6.07) is 17.4. The van der Waals surface area contributed by atoms with Crippen LogP contribution in [-0.2, 0) is 23.1 Å². The van der Waals surface area contributed by atoms with Crippen LogP contribution in [0.4, 0.5) is 20.3 Å². The van der Waals surface area contributed by atoms with Crippen molar-refractivity contribution >= 4 is 21.5 Å². The summed E-state index contributed by atoms with van der Waals surface area (Å²) in [5.41, 5.74) is 1.34. The van der Waals surface area contributed by atoms with E-state index in [2.05, 4.69) is 19.9 Å². The lowest BCUT2D eigenvalue weighted by Gasteiger charge is -2.30. The fourth-order valence-electron chi connectivity index (χ4n) is 4.18. The Morgan fingerprint density at radius 2 is 1.85 bits per heavy atom. The molecular weight excluding hydrogens is 540 g/mol. The molecule has 1 aliphatic heterocycles. The highest BCUT2D eigenvalue weighted by Crippen LogP contribution is 2.35. The van der Waals surface area contributed by atoms with Gasteiger partial charge in [-0.3, -0.25) is 9.62 Å². The number of fused-ring (bicyclic) bond motifs is 1. The summed E-state index contributed by atoms with van der Waals surface area (Å²) in [5.74, 6) is 0.0453. The Morgan fingerprint density at radius 3 is 2.58 bits per heavy atom. The van der Waals surface area contributed by atoms with Crippen molar-refractivity contribution in [2.75, 3.05) is 23.8 Å². The highest BCUT2D eigenvalue weighted by Gasteiger charge is 2.22. The molecule has 5 rings (SSSR count). The first-order chi connectivity index (χ1) is 19.3. The molecule has 12 heteroatoms. The molecule has 3 aromatic carbocycles. The van der Waals surface area contributed by atoms with Gasteiger partial charge in [0.15, 0.2) is 11.6 Å². The number of pyridine rings is 1. The first-order valence-electron chi connectivity index (χ1n) is 12.0. The minimum atomic E-state index is -4.20. The van der Waals surface area contributed by atoms with E-state index in [4.69, 9.17) is 14.7 Å². The molecular formula is C28H23F2N5O4S. The second kappa shape index (κ2) is 11.2. The van der Waals surface area contributed by atoms with Gasteiger partial charge in [0.05, 0.1) is 35.5 Å². The Kier molecular flexibility index (Phi) is 7.50. The van der Waals surface area contributed by atoms with E-state index in [1.807, 2.05) is 24.3 Å². The Bertz CT molecular complexity index is 1710. The molecule has 1 aromatic heterocycles. The maximum Gasteiger partial charge on any atom is 0.261 e. The van der Waals surface area contributed by atoms with Crippen molar-refractivity contribution < 1.29 is 26.7 Å². The number of aromatic nitrogens is 1. The first kappa shape index (κ1) is 26.9. The monoisotopic (exact) mass is 563 g/mol. The van der Waals surface area contributed by atoms with Crippen LogP contribution in [0.25, 0.3) is 0 Å². The Morgan fingerprint density at radius 1 is 1.05 bits per heavy atom. The van der Waals surface area contributed by atoms with Crippen LogP contribution < -0.4 is 19.5 Å². The molecule has 0 saturated heterocycles. The highest BCUT2D eigenvalue weighted by molar-refractivity contribution is 7.92. The molecule has 0 atom stereocenters. The zero-order chi connectivity index (χ0) is 28.3. The largest absolute Gasteiger partial charge is 0.497 e. The molecule has 2 N–H and O–H groups in total. The van der Waals surface area contributed by atoms with Crippen LogP contribution in [0, 0.1) is 23.0 Å². The smallest absolute Gasteiger partial charge is 0.261 e. The summed E-state index contributed by atoms with van der Waals surface area (Å²) < 4.78 is 67.4. The quantitative estimate of drug-likeness (QED) is 0.300. The number of nitriles is 1. The van der Waals surface area contributed by atoms with E-state index in [-0.39, 0.29) is 16.3 Å². The Balaban J connectivity index is 1.31.